The van der Waals surface area contributed by atoms with Gasteiger partial charge in [-0.2, -0.15) is 0 Å². The van der Waals surface area contributed by atoms with Gasteiger partial charge in [0, 0.05) is 20.1 Å². The molecule has 0 heterocycles. The molecule has 0 aromatic heterocycles. The predicted molar refractivity (Wildman–Crippen MR) is 68.5 cm³/mol. The van der Waals surface area contributed by atoms with E-state index in [2.05, 4.69) is 5.32 Å². The average molecular weight is 257 g/mol. The smallest absolute Gasteiger partial charge is 0.323 e. The molecule has 0 saturated heterocycles. The summed E-state index contributed by atoms with van der Waals surface area (Å²) in [5.41, 5.74) is 0. The molecule has 1 aliphatic carbocycles. The lowest BCUT2D eigenvalue weighted by Crippen LogP contribution is -2.45. The van der Waals surface area contributed by atoms with Gasteiger partial charge in [0.25, 0.3) is 0 Å². The van der Waals surface area contributed by atoms with E-state index < -0.39 is 5.97 Å². The van der Waals surface area contributed by atoms with E-state index in [9.17, 15) is 9.59 Å². The quantitative estimate of drug-likeness (QED) is 0.619. The Kier molecular flexibility index (Phi) is 5.91. The predicted octanol–water partition coefficient (Wildman–Crippen LogP) is 0.444. The third-order valence-corrected chi connectivity index (χ3v) is 3.02. The van der Waals surface area contributed by atoms with Gasteiger partial charge in [-0.25, -0.2) is 4.79 Å². The number of carbonyl (C=O) groups is 2. The molecule has 0 atom stereocenters. The van der Waals surface area contributed by atoms with Crippen LogP contribution in [0.25, 0.3) is 0 Å². The van der Waals surface area contributed by atoms with Gasteiger partial charge in [0.1, 0.15) is 6.54 Å². The lowest BCUT2D eigenvalue weighted by Gasteiger charge is -2.27. The van der Waals surface area contributed by atoms with Gasteiger partial charge in [-0.1, -0.05) is 0 Å². The second-order valence-electron chi connectivity index (χ2n) is 4.88. The fourth-order valence-electron chi connectivity index (χ4n) is 1.82. The van der Waals surface area contributed by atoms with Crippen LogP contribution in [0.3, 0.4) is 0 Å². The molecule has 0 radical (unpaired) electrons. The number of nitrogens with one attached hydrogen (secondary N) is 1. The van der Waals surface area contributed by atoms with Gasteiger partial charge in [0.15, 0.2) is 0 Å². The zero-order valence-electron chi connectivity index (χ0n) is 11.2. The van der Waals surface area contributed by atoms with Crippen molar-refractivity contribution in [3.05, 3.63) is 0 Å². The molecule has 2 N–H and O–H groups in total. The van der Waals surface area contributed by atoms with E-state index in [1.54, 1.807) is 11.9 Å². The van der Waals surface area contributed by atoms with Gasteiger partial charge in [-0.3, -0.25) is 4.79 Å². The Morgan fingerprint density at radius 2 is 2.06 bits per heavy atom. The molecule has 0 unspecified atom stereocenters. The van der Waals surface area contributed by atoms with Crippen LogP contribution in [0.1, 0.15) is 19.3 Å². The highest BCUT2D eigenvalue weighted by Crippen LogP contribution is 2.29. The monoisotopic (exact) mass is 257 g/mol. The van der Waals surface area contributed by atoms with Crippen LogP contribution in [0.15, 0.2) is 0 Å². The summed E-state index contributed by atoms with van der Waals surface area (Å²) in [5.74, 6) is -0.452. The van der Waals surface area contributed by atoms with Gasteiger partial charge in [0.05, 0.1) is 0 Å². The van der Waals surface area contributed by atoms with Crippen LogP contribution < -0.4 is 5.32 Å². The minimum absolute atomic E-state index is 0.180. The Morgan fingerprint density at radius 3 is 2.56 bits per heavy atom. The van der Waals surface area contributed by atoms with Crippen molar-refractivity contribution >= 4 is 12.0 Å². The highest BCUT2D eigenvalue weighted by molar-refractivity contribution is 5.80. The number of rotatable bonds is 8. The second kappa shape index (κ2) is 7.20. The molecule has 1 rings (SSSR count). The Bertz CT molecular complexity index is 292. The SMILES string of the molecule is CNCCCN(C)C(=O)N(CC(=O)O)CC1CC1. The number of hydrogen-bond acceptors (Lipinski definition) is 3. The number of hydrogen-bond donors (Lipinski definition) is 2. The van der Waals surface area contributed by atoms with Crippen molar-refractivity contribution < 1.29 is 14.7 Å². The number of nitrogens with zero attached hydrogens (tertiary/aromatic N) is 2. The lowest BCUT2D eigenvalue weighted by atomic mass is 10.3. The Balaban J connectivity index is 2.42. The van der Waals surface area contributed by atoms with E-state index in [4.69, 9.17) is 5.11 Å². The highest BCUT2D eigenvalue weighted by Gasteiger charge is 2.29. The molecule has 0 spiro atoms. The van der Waals surface area contributed by atoms with Crippen LogP contribution in [-0.4, -0.2) is 67.2 Å². The summed E-state index contributed by atoms with van der Waals surface area (Å²) in [6.07, 6.45) is 3.07. The maximum absolute atomic E-state index is 12.1. The molecule has 0 aromatic rings. The molecule has 6 nitrogen and oxygen atoms in total. The number of carboxylic acid groups (broad SMARTS) is 1. The minimum atomic E-state index is -0.951. The molecule has 1 aliphatic rings. The first kappa shape index (κ1) is 14.8. The Morgan fingerprint density at radius 1 is 1.39 bits per heavy atom. The van der Waals surface area contributed by atoms with Crippen molar-refractivity contribution in [1.29, 1.82) is 0 Å². The maximum atomic E-state index is 12.1. The zero-order chi connectivity index (χ0) is 13.5. The Labute approximate surface area is 108 Å². The molecule has 2 amide bonds. The molecule has 0 bridgehead atoms. The summed E-state index contributed by atoms with van der Waals surface area (Å²) in [5, 5.41) is 11.9. The molecule has 1 fully saturated rings. The minimum Gasteiger partial charge on any atom is -0.480 e. The summed E-state index contributed by atoms with van der Waals surface area (Å²) in [7, 11) is 3.59. The Hall–Kier alpha value is -1.30. The standard InChI is InChI=1S/C12H23N3O3/c1-13-6-3-7-14(2)12(18)15(9-11(16)17)8-10-4-5-10/h10,13H,3-9H2,1-2H3,(H,16,17). The maximum Gasteiger partial charge on any atom is 0.323 e. The fraction of sp³-hybridized carbons (Fsp3) is 0.833. The first-order chi connectivity index (χ1) is 8.54. The van der Waals surface area contributed by atoms with E-state index in [0.29, 0.717) is 19.0 Å². The molecule has 18 heavy (non-hydrogen) atoms. The van der Waals surface area contributed by atoms with Gasteiger partial charge >= 0.3 is 12.0 Å². The zero-order valence-corrected chi connectivity index (χ0v) is 11.2. The van der Waals surface area contributed by atoms with Gasteiger partial charge in [-0.15, -0.1) is 0 Å². The van der Waals surface area contributed by atoms with E-state index >= 15 is 0 Å². The molecular weight excluding hydrogens is 234 g/mol. The van der Waals surface area contributed by atoms with Crippen molar-refractivity contribution in [1.82, 2.24) is 15.1 Å². The van der Waals surface area contributed by atoms with Gasteiger partial charge < -0.3 is 20.2 Å². The molecule has 104 valence electrons. The number of aliphatic carboxylic acids is 1. The van der Waals surface area contributed by atoms with E-state index in [1.807, 2.05) is 7.05 Å². The molecular formula is C12H23N3O3. The summed E-state index contributed by atoms with van der Waals surface area (Å²) in [4.78, 5) is 25.9. The van der Waals surface area contributed by atoms with Crippen molar-refractivity contribution in [3.8, 4) is 0 Å². The molecule has 0 aromatic carbocycles. The van der Waals surface area contributed by atoms with Crippen LogP contribution >= 0.6 is 0 Å². The summed E-state index contributed by atoms with van der Waals surface area (Å²) >= 11 is 0. The normalized spacial score (nSPS) is 14.3. The van der Waals surface area contributed by atoms with Gasteiger partial charge in [-0.05, 0) is 38.8 Å². The highest BCUT2D eigenvalue weighted by atomic mass is 16.4. The summed E-state index contributed by atoms with van der Waals surface area (Å²) < 4.78 is 0. The number of urea groups is 1. The van der Waals surface area contributed by atoms with Crippen LogP contribution in [0.5, 0.6) is 0 Å². The van der Waals surface area contributed by atoms with Crippen LogP contribution in [0.4, 0.5) is 4.79 Å². The fourth-order valence-corrected chi connectivity index (χ4v) is 1.82. The first-order valence-corrected chi connectivity index (χ1v) is 6.41. The van der Waals surface area contributed by atoms with E-state index in [1.165, 1.54) is 4.90 Å². The van der Waals surface area contributed by atoms with Crippen LogP contribution in [0.2, 0.25) is 0 Å². The number of carboxylic acids is 1. The molecule has 0 aliphatic heterocycles. The van der Waals surface area contributed by atoms with E-state index in [0.717, 1.165) is 25.8 Å². The third-order valence-electron chi connectivity index (χ3n) is 3.02. The second-order valence-corrected chi connectivity index (χ2v) is 4.88. The van der Waals surface area contributed by atoms with E-state index in [-0.39, 0.29) is 12.6 Å². The third kappa shape index (κ3) is 5.35. The van der Waals surface area contributed by atoms with Crippen LogP contribution in [0, 0.1) is 5.92 Å². The summed E-state index contributed by atoms with van der Waals surface area (Å²) in [6, 6.07) is -0.180. The molecule has 6 heteroatoms. The van der Waals surface area contributed by atoms with Gasteiger partial charge in [0.2, 0.25) is 0 Å². The van der Waals surface area contributed by atoms with Crippen molar-refractivity contribution in [2.75, 3.05) is 40.3 Å². The van der Waals surface area contributed by atoms with Crippen molar-refractivity contribution in [2.45, 2.75) is 19.3 Å². The van der Waals surface area contributed by atoms with Crippen molar-refractivity contribution in [3.63, 3.8) is 0 Å². The number of carbonyl (C=O) groups excluding carboxylic acids is 1. The average Bonchev–Trinajstić information content (AvgIpc) is 3.10. The summed E-state index contributed by atoms with van der Waals surface area (Å²) in [6.45, 7) is 1.85. The van der Waals surface area contributed by atoms with Crippen LogP contribution in [-0.2, 0) is 4.79 Å². The molecule has 1 saturated carbocycles. The topological polar surface area (TPSA) is 72.9 Å². The largest absolute Gasteiger partial charge is 0.480 e. The lowest BCUT2D eigenvalue weighted by molar-refractivity contribution is -0.137. The number of amides is 2. The van der Waals surface area contributed by atoms with Crippen molar-refractivity contribution in [2.24, 2.45) is 5.92 Å². The first-order valence-electron chi connectivity index (χ1n) is 6.41.